The Morgan fingerprint density at radius 2 is 2.10 bits per heavy atom. The molecule has 1 saturated heterocycles. The molecule has 0 aromatic carbocycles. The van der Waals surface area contributed by atoms with Crippen LogP contribution in [0.25, 0.3) is 0 Å². The van der Waals surface area contributed by atoms with Crippen molar-refractivity contribution in [1.82, 2.24) is 9.88 Å². The van der Waals surface area contributed by atoms with Crippen molar-refractivity contribution >= 4 is 11.9 Å². The summed E-state index contributed by atoms with van der Waals surface area (Å²) in [6.07, 6.45) is 2.23. The molecule has 1 aliphatic heterocycles. The number of carboxylic acids is 1. The smallest absolute Gasteiger partial charge is 0.326 e. The Morgan fingerprint density at radius 3 is 2.71 bits per heavy atom. The lowest BCUT2D eigenvalue weighted by Crippen LogP contribution is -2.56. The van der Waals surface area contributed by atoms with Crippen molar-refractivity contribution in [3.8, 4) is 0 Å². The van der Waals surface area contributed by atoms with Crippen molar-refractivity contribution in [2.75, 3.05) is 6.54 Å². The average Bonchev–Trinajstić information content (AvgIpc) is 2.39. The number of piperidine rings is 1. The van der Waals surface area contributed by atoms with Gasteiger partial charge in [-0.15, -0.1) is 0 Å². The number of carbonyl (C=O) groups is 2. The van der Waals surface area contributed by atoms with E-state index in [1.165, 1.54) is 0 Å². The molecule has 1 aromatic heterocycles. The molecule has 0 saturated carbocycles. The van der Waals surface area contributed by atoms with Gasteiger partial charge in [-0.25, -0.2) is 14.2 Å². The number of hydrogen-bond acceptors (Lipinski definition) is 3. The lowest BCUT2D eigenvalue weighted by atomic mass is 9.76. The molecule has 0 bridgehead atoms. The van der Waals surface area contributed by atoms with Gasteiger partial charge < -0.3 is 10.0 Å². The molecule has 1 fully saturated rings. The molecule has 0 spiro atoms. The van der Waals surface area contributed by atoms with Crippen LogP contribution in [0.5, 0.6) is 0 Å². The van der Waals surface area contributed by atoms with Crippen LogP contribution in [-0.2, 0) is 4.79 Å². The zero-order valence-corrected chi connectivity index (χ0v) is 11.8. The minimum atomic E-state index is -1.37. The summed E-state index contributed by atoms with van der Waals surface area (Å²) in [5.74, 6) is -4.70. The maximum Gasteiger partial charge on any atom is 0.326 e. The van der Waals surface area contributed by atoms with Crippen molar-refractivity contribution in [2.45, 2.75) is 32.7 Å². The Hall–Kier alpha value is -2.05. The van der Waals surface area contributed by atoms with E-state index in [4.69, 9.17) is 0 Å². The van der Waals surface area contributed by atoms with E-state index in [2.05, 4.69) is 4.98 Å². The van der Waals surface area contributed by atoms with Gasteiger partial charge in [0.25, 0.3) is 5.91 Å². The van der Waals surface area contributed by atoms with E-state index in [0.717, 1.165) is 17.2 Å². The number of aromatic nitrogens is 1. The van der Waals surface area contributed by atoms with Crippen LogP contribution >= 0.6 is 0 Å². The number of pyridine rings is 1. The first-order valence-electron chi connectivity index (χ1n) is 6.59. The zero-order chi connectivity index (χ0) is 15.8. The third-order valence-corrected chi connectivity index (χ3v) is 3.84. The third kappa shape index (κ3) is 2.72. The number of amides is 1. The number of hydrogen-bond donors (Lipinski definition) is 1. The van der Waals surface area contributed by atoms with Gasteiger partial charge >= 0.3 is 5.97 Å². The fraction of sp³-hybridized carbons (Fsp3) is 0.500. The quantitative estimate of drug-likeness (QED) is 0.849. The van der Waals surface area contributed by atoms with E-state index < -0.39 is 40.7 Å². The van der Waals surface area contributed by atoms with Crippen LogP contribution in [-0.4, -0.2) is 39.5 Å². The fourth-order valence-electron chi connectivity index (χ4n) is 2.82. The Morgan fingerprint density at radius 1 is 1.43 bits per heavy atom. The first-order chi connectivity index (χ1) is 9.75. The largest absolute Gasteiger partial charge is 0.480 e. The molecule has 1 N–H and O–H groups in total. The fourth-order valence-corrected chi connectivity index (χ4v) is 2.82. The molecule has 1 aliphatic rings. The minimum absolute atomic E-state index is 0.197. The highest BCUT2D eigenvalue weighted by molar-refractivity contribution is 5.97. The van der Waals surface area contributed by atoms with Crippen molar-refractivity contribution < 1.29 is 23.5 Å². The number of aliphatic carboxylic acids is 1. The first kappa shape index (κ1) is 15.3. The number of carbonyl (C=O) groups excluding carboxylic acids is 1. The van der Waals surface area contributed by atoms with Crippen molar-refractivity contribution in [2.24, 2.45) is 5.41 Å². The highest BCUT2D eigenvalue weighted by Crippen LogP contribution is 2.36. The summed E-state index contributed by atoms with van der Waals surface area (Å²) >= 11 is 0. The van der Waals surface area contributed by atoms with Crippen molar-refractivity contribution in [3.05, 3.63) is 29.6 Å². The van der Waals surface area contributed by atoms with Crippen LogP contribution in [0.2, 0.25) is 0 Å². The Bertz CT molecular complexity index is 590. The number of nitrogens with zero attached hydrogens (tertiary/aromatic N) is 2. The van der Waals surface area contributed by atoms with E-state index in [0.29, 0.717) is 12.8 Å². The Labute approximate surface area is 120 Å². The Balaban J connectivity index is 2.41. The second-order valence-electron chi connectivity index (χ2n) is 5.79. The van der Waals surface area contributed by atoms with Gasteiger partial charge in [0.05, 0.1) is 5.56 Å². The molecule has 1 atom stereocenters. The van der Waals surface area contributed by atoms with Crippen LogP contribution in [0.1, 0.15) is 37.0 Å². The van der Waals surface area contributed by atoms with Crippen LogP contribution in [0, 0.1) is 17.2 Å². The number of rotatable bonds is 2. The monoisotopic (exact) mass is 298 g/mol. The van der Waals surface area contributed by atoms with E-state index in [9.17, 15) is 23.5 Å². The number of carboxylic acid groups (broad SMARTS) is 1. The highest BCUT2D eigenvalue weighted by atomic mass is 19.2. The van der Waals surface area contributed by atoms with Gasteiger partial charge in [0.15, 0.2) is 5.82 Å². The van der Waals surface area contributed by atoms with E-state index in [1.54, 1.807) is 13.8 Å². The third-order valence-electron chi connectivity index (χ3n) is 3.84. The van der Waals surface area contributed by atoms with Crippen molar-refractivity contribution in [1.29, 1.82) is 0 Å². The van der Waals surface area contributed by atoms with Gasteiger partial charge in [-0.1, -0.05) is 13.8 Å². The molecular weight excluding hydrogens is 282 g/mol. The molecule has 2 rings (SSSR count). The van der Waals surface area contributed by atoms with E-state index >= 15 is 0 Å². The van der Waals surface area contributed by atoms with Crippen LogP contribution < -0.4 is 0 Å². The molecule has 5 nitrogen and oxygen atoms in total. The molecule has 7 heteroatoms. The molecular formula is C14H16F2N2O3. The standard InChI is InChI=1S/C14H16F2N2O3/c1-14(2)5-3-7-18(10(14)13(20)21)12(19)8-4-6-17-11(16)9(8)15/h4,6,10H,3,5,7H2,1-2H3,(H,20,21). The maximum absolute atomic E-state index is 13.7. The predicted molar refractivity (Wildman–Crippen MR) is 69.6 cm³/mol. The summed E-state index contributed by atoms with van der Waals surface area (Å²) in [5.41, 5.74) is -1.13. The van der Waals surface area contributed by atoms with Gasteiger partial charge in [0.1, 0.15) is 6.04 Å². The summed E-state index contributed by atoms with van der Waals surface area (Å²) < 4.78 is 26.8. The molecule has 1 aromatic rings. The molecule has 114 valence electrons. The lowest BCUT2D eigenvalue weighted by Gasteiger charge is -2.44. The Kier molecular flexibility index (Phi) is 3.93. The summed E-state index contributed by atoms with van der Waals surface area (Å²) in [4.78, 5) is 28.1. The average molecular weight is 298 g/mol. The molecule has 21 heavy (non-hydrogen) atoms. The molecule has 1 amide bonds. The summed E-state index contributed by atoms with van der Waals surface area (Å²) in [7, 11) is 0. The minimum Gasteiger partial charge on any atom is -0.480 e. The second-order valence-corrected chi connectivity index (χ2v) is 5.79. The normalized spacial score (nSPS) is 21.1. The SMILES string of the molecule is CC1(C)CCCN(C(=O)c2ccnc(F)c2F)C1C(=O)O. The zero-order valence-electron chi connectivity index (χ0n) is 11.8. The van der Waals surface area contributed by atoms with Crippen molar-refractivity contribution in [3.63, 3.8) is 0 Å². The maximum atomic E-state index is 13.7. The van der Waals surface area contributed by atoms with Crippen LogP contribution in [0.3, 0.4) is 0 Å². The van der Waals surface area contributed by atoms with E-state index in [-0.39, 0.29) is 6.54 Å². The lowest BCUT2D eigenvalue weighted by molar-refractivity contribution is -0.148. The summed E-state index contributed by atoms with van der Waals surface area (Å²) in [6.45, 7) is 3.69. The number of halogens is 2. The van der Waals surface area contributed by atoms with Gasteiger partial charge in [-0.2, -0.15) is 4.39 Å². The topological polar surface area (TPSA) is 70.5 Å². The second kappa shape index (κ2) is 5.38. The summed E-state index contributed by atoms with van der Waals surface area (Å²) in [6, 6.07) is -0.0178. The predicted octanol–water partition coefficient (Wildman–Crippen LogP) is 2.08. The van der Waals surface area contributed by atoms with Gasteiger partial charge in [0.2, 0.25) is 5.95 Å². The van der Waals surface area contributed by atoms with Crippen LogP contribution in [0.15, 0.2) is 12.3 Å². The van der Waals surface area contributed by atoms with Crippen LogP contribution in [0.4, 0.5) is 8.78 Å². The number of likely N-dealkylation sites (tertiary alicyclic amines) is 1. The first-order valence-corrected chi connectivity index (χ1v) is 6.59. The molecule has 2 heterocycles. The molecule has 0 aliphatic carbocycles. The molecule has 0 radical (unpaired) electrons. The summed E-state index contributed by atoms with van der Waals surface area (Å²) in [5, 5.41) is 9.39. The highest BCUT2D eigenvalue weighted by Gasteiger charge is 2.45. The van der Waals surface area contributed by atoms with Gasteiger partial charge in [0, 0.05) is 12.7 Å². The van der Waals surface area contributed by atoms with Gasteiger partial charge in [-0.05, 0) is 24.3 Å². The molecule has 1 unspecified atom stereocenters. The van der Waals surface area contributed by atoms with Gasteiger partial charge in [-0.3, -0.25) is 4.79 Å². The van der Waals surface area contributed by atoms with E-state index in [1.807, 2.05) is 0 Å².